The summed E-state index contributed by atoms with van der Waals surface area (Å²) in [6.45, 7) is 32.5. The van der Waals surface area contributed by atoms with E-state index in [1.165, 1.54) is 55.6 Å². The van der Waals surface area contributed by atoms with E-state index in [2.05, 4.69) is 264 Å². The molecule has 7 aromatic rings. The number of aryl methyl sites for hydroxylation is 1. The average molecular weight is 829 g/mol. The Hall–Kier alpha value is -5.86. The minimum Gasteiger partial charge on any atom is -0.310 e. The molecule has 0 radical (unpaired) electrons. The van der Waals surface area contributed by atoms with Crippen molar-refractivity contribution >= 4 is 34.1 Å². The lowest BCUT2D eigenvalue weighted by Crippen LogP contribution is -2.36. The van der Waals surface area contributed by atoms with E-state index in [-0.39, 0.29) is 27.1 Å². The molecule has 7 aromatic carbocycles. The molecule has 0 fully saturated rings. The molecule has 0 bridgehead atoms. The molecule has 0 N–H and O–H groups in total. The number of fused-ring (bicyclic) bond motifs is 2. The van der Waals surface area contributed by atoms with Crippen LogP contribution in [0.4, 0.5) is 34.1 Å². The van der Waals surface area contributed by atoms with E-state index >= 15 is 0 Å². The van der Waals surface area contributed by atoms with Gasteiger partial charge >= 0.3 is 0 Å². The molecule has 1 aliphatic rings. The van der Waals surface area contributed by atoms with Crippen molar-refractivity contribution in [3.05, 3.63) is 202 Å². The fraction of sp³-hybridized carbons (Fsp3) is 0.311. The van der Waals surface area contributed by atoms with Crippen LogP contribution in [0.15, 0.2) is 158 Å². The first-order chi connectivity index (χ1) is 29.5. The smallest absolute Gasteiger partial charge is 0.0540 e. The van der Waals surface area contributed by atoms with E-state index in [1.54, 1.807) is 0 Å². The van der Waals surface area contributed by atoms with E-state index in [0.717, 1.165) is 34.1 Å². The summed E-state index contributed by atoms with van der Waals surface area (Å²) in [6, 6.07) is 59.9. The molecule has 2 heteroatoms. The second-order valence-electron chi connectivity index (χ2n) is 22.2. The fourth-order valence-corrected chi connectivity index (χ4v) is 9.74. The van der Waals surface area contributed by atoms with Crippen LogP contribution >= 0.6 is 0 Å². The Morgan fingerprint density at radius 1 is 0.349 bits per heavy atom. The summed E-state index contributed by atoms with van der Waals surface area (Å²) in [4.78, 5) is 4.96. The zero-order valence-electron chi connectivity index (χ0n) is 40.4. The third kappa shape index (κ3) is 8.26. The van der Waals surface area contributed by atoms with E-state index in [4.69, 9.17) is 0 Å². The maximum absolute atomic E-state index is 2.53. The minimum absolute atomic E-state index is 0.0240. The molecule has 1 aliphatic carbocycles. The zero-order chi connectivity index (χ0) is 45.3. The first kappa shape index (κ1) is 43.8. The second kappa shape index (κ2) is 15.7. The predicted molar refractivity (Wildman–Crippen MR) is 273 cm³/mol. The molecular formula is C61H68N2. The number of benzene rings is 7. The Bertz CT molecular complexity index is 2710. The van der Waals surface area contributed by atoms with Gasteiger partial charge in [-0.15, -0.1) is 0 Å². The molecule has 8 rings (SSSR count). The van der Waals surface area contributed by atoms with Gasteiger partial charge in [0, 0.05) is 44.8 Å². The van der Waals surface area contributed by atoms with Crippen LogP contribution in [0.25, 0.3) is 11.1 Å². The molecule has 0 amide bonds. The van der Waals surface area contributed by atoms with Crippen LogP contribution in [0.2, 0.25) is 0 Å². The highest BCUT2D eigenvalue weighted by Crippen LogP contribution is 2.52. The molecule has 0 saturated heterocycles. The van der Waals surface area contributed by atoms with Gasteiger partial charge in [-0.3, -0.25) is 0 Å². The lowest BCUT2D eigenvalue weighted by molar-refractivity contribution is 0.521. The summed E-state index contributed by atoms with van der Waals surface area (Å²) in [5, 5.41) is 0. The van der Waals surface area contributed by atoms with Crippen LogP contribution < -0.4 is 9.80 Å². The van der Waals surface area contributed by atoms with E-state index in [9.17, 15) is 0 Å². The molecule has 0 atom stereocenters. The highest BCUT2D eigenvalue weighted by Gasteiger charge is 2.42. The van der Waals surface area contributed by atoms with Gasteiger partial charge in [0.1, 0.15) is 0 Å². The van der Waals surface area contributed by atoms with Gasteiger partial charge in [-0.1, -0.05) is 181 Å². The third-order valence-corrected chi connectivity index (χ3v) is 13.6. The number of hydrogen-bond acceptors (Lipinski definition) is 2. The largest absolute Gasteiger partial charge is 0.310 e. The molecule has 322 valence electrons. The van der Waals surface area contributed by atoms with Gasteiger partial charge in [-0.25, -0.2) is 0 Å². The van der Waals surface area contributed by atoms with Gasteiger partial charge in [0.15, 0.2) is 0 Å². The van der Waals surface area contributed by atoms with Crippen LogP contribution in [-0.2, 0) is 27.1 Å². The summed E-state index contributed by atoms with van der Waals surface area (Å²) in [5.41, 5.74) is 19.6. The van der Waals surface area contributed by atoms with Crippen molar-refractivity contribution < 1.29 is 0 Å². The number of nitrogens with zero attached hydrogens (tertiary/aromatic N) is 2. The molecule has 0 spiro atoms. The van der Waals surface area contributed by atoms with Gasteiger partial charge in [0.2, 0.25) is 0 Å². The van der Waals surface area contributed by atoms with Crippen LogP contribution in [-0.4, -0.2) is 0 Å². The number of rotatable bonds is 7. The Morgan fingerprint density at radius 3 is 1.29 bits per heavy atom. The predicted octanol–water partition coefficient (Wildman–Crippen LogP) is 17.5. The van der Waals surface area contributed by atoms with Crippen molar-refractivity contribution in [2.45, 2.75) is 124 Å². The molecular weight excluding hydrogens is 761 g/mol. The van der Waals surface area contributed by atoms with E-state index in [0.29, 0.717) is 0 Å². The average Bonchev–Trinajstić information content (AvgIpc) is 3.23. The van der Waals surface area contributed by atoms with Gasteiger partial charge in [0.25, 0.3) is 0 Å². The van der Waals surface area contributed by atoms with Crippen molar-refractivity contribution in [2.24, 2.45) is 0 Å². The van der Waals surface area contributed by atoms with Crippen molar-refractivity contribution in [2.75, 3.05) is 9.80 Å². The standard InChI is InChI=1S/C61H68N2/c1-41-36-49(62(46-29-24-43(25-30-46)57(2,3)4)47-31-26-44(27-32-47)58(5,6)7)39-50(37-41)63(56-35-28-45(59(8,9)10)38-51(56)42-20-16-15-17-21-42)48-33-34-54-55(40-48)61(13,14)53-23-19-18-22-52(53)60(54,11)12/h15-40H,1-14H3. The summed E-state index contributed by atoms with van der Waals surface area (Å²) in [6.07, 6.45) is 0. The van der Waals surface area contributed by atoms with Crippen LogP contribution in [0.5, 0.6) is 0 Å². The molecule has 63 heavy (non-hydrogen) atoms. The molecule has 0 unspecified atom stereocenters. The van der Waals surface area contributed by atoms with E-state index in [1.807, 2.05) is 0 Å². The molecule has 2 nitrogen and oxygen atoms in total. The normalized spacial score (nSPS) is 14.4. The number of anilines is 6. The van der Waals surface area contributed by atoms with Gasteiger partial charge in [0.05, 0.1) is 5.69 Å². The van der Waals surface area contributed by atoms with Gasteiger partial charge in [-0.05, 0) is 140 Å². The Morgan fingerprint density at radius 2 is 0.778 bits per heavy atom. The van der Waals surface area contributed by atoms with Gasteiger partial charge < -0.3 is 9.80 Å². The summed E-state index contributed by atoms with van der Waals surface area (Å²) in [7, 11) is 0. The topological polar surface area (TPSA) is 6.48 Å². The monoisotopic (exact) mass is 829 g/mol. The fourth-order valence-electron chi connectivity index (χ4n) is 9.74. The molecule has 0 heterocycles. The lowest BCUT2D eigenvalue weighted by Gasteiger charge is -2.44. The Balaban J connectivity index is 1.40. The Labute approximate surface area is 379 Å². The molecule has 0 aromatic heterocycles. The minimum atomic E-state index is -0.200. The van der Waals surface area contributed by atoms with E-state index < -0.39 is 0 Å². The highest BCUT2D eigenvalue weighted by atomic mass is 15.2. The van der Waals surface area contributed by atoms with Crippen molar-refractivity contribution in [1.82, 2.24) is 0 Å². The zero-order valence-corrected chi connectivity index (χ0v) is 40.4. The van der Waals surface area contributed by atoms with Crippen molar-refractivity contribution in [3.8, 4) is 11.1 Å². The van der Waals surface area contributed by atoms with Crippen LogP contribution in [0.1, 0.15) is 135 Å². The summed E-state index contributed by atoms with van der Waals surface area (Å²) >= 11 is 0. The quantitative estimate of drug-likeness (QED) is 0.158. The Kier molecular flexibility index (Phi) is 10.9. The van der Waals surface area contributed by atoms with Crippen LogP contribution in [0.3, 0.4) is 0 Å². The van der Waals surface area contributed by atoms with Crippen molar-refractivity contribution in [1.29, 1.82) is 0 Å². The third-order valence-electron chi connectivity index (χ3n) is 13.6. The first-order valence-corrected chi connectivity index (χ1v) is 22.9. The molecule has 0 saturated carbocycles. The van der Waals surface area contributed by atoms with Crippen molar-refractivity contribution in [3.63, 3.8) is 0 Å². The van der Waals surface area contributed by atoms with Crippen LogP contribution in [0, 0.1) is 6.92 Å². The highest BCUT2D eigenvalue weighted by molar-refractivity contribution is 5.91. The summed E-state index contributed by atoms with van der Waals surface area (Å²) in [5.74, 6) is 0. The maximum Gasteiger partial charge on any atom is 0.0540 e. The number of hydrogen-bond donors (Lipinski definition) is 0. The lowest BCUT2D eigenvalue weighted by atomic mass is 9.60. The second-order valence-corrected chi connectivity index (χ2v) is 22.2. The first-order valence-electron chi connectivity index (χ1n) is 22.9. The molecule has 0 aliphatic heterocycles. The maximum atomic E-state index is 2.53. The van der Waals surface area contributed by atoms with Gasteiger partial charge in [-0.2, -0.15) is 0 Å². The summed E-state index contributed by atoms with van der Waals surface area (Å²) < 4.78 is 0. The SMILES string of the molecule is Cc1cc(N(c2ccc(C(C)(C)C)cc2)c2ccc(C(C)(C)C)cc2)cc(N(c2ccc3c(c2)C(C)(C)c2ccccc2C3(C)C)c2ccc(C(C)(C)C)cc2-c2ccccc2)c1.